The molecule has 1 aliphatic rings. The number of rotatable bonds is 7. The largest absolute Gasteiger partial charge is 0.344 e. The van der Waals surface area contributed by atoms with E-state index in [9.17, 15) is 4.79 Å². The van der Waals surface area contributed by atoms with E-state index < -0.39 is 0 Å². The van der Waals surface area contributed by atoms with Gasteiger partial charge in [-0.15, -0.1) is 10.2 Å². The lowest BCUT2D eigenvalue weighted by Crippen LogP contribution is -2.15. The fourth-order valence-corrected chi connectivity index (χ4v) is 5.44. The van der Waals surface area contributed by atoms with Crippen LogP contribution in [0.5, 0.6) is 0 Å². The van der Waals surface area contributed by atoms with Crippen LogP contribution in [0, 0.1) is 20.8 Å². The molecule has 30 heavy (non-hydrogen) atoms. The average molecular weight is 423 g/mol. The topological polar surface area (TPSA) is 52.7 Å². The fraction of sp³-hybridized carbons (Fsp3) is 0.458. The first kappa shape index (κ1) is 20.9. The van der Waals surface area contributed by atoms with Gasteiger partial charge < -0.3 is 9.13 Å². The molecule has 1 fully saturated rings. The van der Waals surface area contributed by atoms with Crippen molar-refractivity contribution >= 4 is 17.5 Å². The van der Waals surface area contributed by atoms with Crippen LogP contribution in [0.2, 0.25) is 0 Å². The van der Waals surface area contributed by atoms with Crippen molar-refractivity contribution in [3.8, 4) is 0 Å². The molecule has 1 saturated carbocycles. The Kier molecular flexibility index (Phi) is 6.42. The number of Topliss-reactive ketones (excluding diaryl/α,β-unsaturated/α-hetero) is 1. The highest BCUT2D eigenvalue weighted by molar-refractivity contribution is 7.99. The van der Waals surface area contributed by atoms with Gasteiger partial charge in [-0.1, -0.05) is 61.4 Å². The van der Waals surface area contributed by atoms with Crippen molar-refractivity contribution in [2.45, 2.75) is 70.6 Å². The SMILES string of the molecule is Cc1cc(C(=O)CSc2nnc(C)n2C2CCCCC2)c(C)n1Cc1ccccc1. The fourth-order valence-electron chi connectivity index (χ4n) is 4.51. The standard InChI is InChI=1S/C24H30N4OS/c1-17-14-22(18(2)27(17)15-20-10-6-4-7-11-20)23(29)16-30-24-26-25-19(3)28(24)21-12-8-5-9-13-21/h4,6-7,10-11,14,21H,5,8-9,12-13,15-16H2,1-3H3. The maximum atomic E-state index is 13.1. The predicted molar refractivity (Wildman–Crippen MR) is 121 cm³/mol. The second kappa shape index (κ2) is 9.21. The number of aryl methyl sites for hydroxylation is 2. The number of aromatic nitrogens is 4. The van der Waals surface area contributed by atoms with Gasteiger partial charge in [-0.3, -0.25) is 4.79 Å². The number of carbonyl (C=O) groups is 1. The van der Waals surface area contributed by atoms with E-state index in [0.29, 0.717) is 11.8 Å². The first-order chi connectivity index (χ1) is 14.5. The minimum Gasteiger partial charge on any atom is -0.344 e. The van der Waals surface area contributed by atoms with Crippen molar-refractivity contribution in [1.29, 1.82) is 0 Å². The van der Waals surface area contributed by atoms with E-state index >= 15 is 0 Å². The summed E-state index contributed by atoms with van der Waals surface area (Å²) in [4.78, 5) is 13.1. The summed E-state index contributed by atoms with van der Waals surface area (Å²) in [6, 6.07) is 12.9. The highest BCUT2D eigenvalue weighted by atomic mass is 32.2. The molecule has 3 aromatic rings. The summed E-state index contributed by atoms with van der Waals surface area (Å²) in [7, 11) is 0. The second-order valence-corrected chi connectivity index (χ2v) is 9.20. The zero-order valence-corrected chi connectivity index (χ0v) is 18.9. The van der Waals surface area contributed by atoms with Crippen LogP contribution in [0.25, 0.3) is 0 Å². The molecule has 4 rings (SSSR count). The molecule has 1 aliphatic carbocycles. The van der Waals surface area contributed by atoms with E-state index in [2.05, 4.69) is 50.5 Å². The number of hydrogen-bond donors (Lipinski definition) is 0. The van der Waals surface area contributed by atoms with Gasteiger partial charge >= 0.3 is 0 Å². The maximum absolute atomic E-state index is 13.1. The van der Waals surface area contributed by atoms with E-state index in [1.807, 2.05) is 26.0 Å². The van der Waals surface area contributed by atoms with Crippen molar-refractivity contribution < 1.29 is 4.79 Å². The summed E-state index contributed by atoms with van der Waals surface area (Å²) in [5, 5.41) is 9.56. The van der Waals surface area contributed by atoms with E-state index in [1.165, 1.54) is 49.4 Å². The molecule has 0 unspecified atom stereocenters. The zero-order chi connectivity index (χ0) is 21.1. The van der Waals surface area contributed by atoms with Crippen LogP contribution < -0.4 is 0 Å². The molecule has 0 amide bonds. The lowest BCUT2D eigenvalue weighted by atomic mass is 9.95. The van der Waals surface area contributed by atoms with Gasteiger partial charge in [0, 0.05) is 29.5 Å². The third-order valence-electron chi connectivity index (χ3n) is 6.16. The first-order valence-corrected chi connectivity index (χ1v) is 11.8. The molecular formula is C24H30N4OS. The molecular weight excluding hydrogens is 392 g/mol. The van der Waals surface area contributed by atoms with Crippen LogP contribution in [-0.4, -0.2) is 30.9 Å². The molecule has 2 heterocycles. The van der Waals surface area contributed by atoms with Gasteiger partial charge in [-0.25, -0.2) is 0 Å². The Morgan fingerprint density at radius 3 is 2.53 bits per heavy atom. The third kappa shape index (κ3) is 4.38. The number of nitrogens with zero attached hydrogens (tertiary/aromatic N) is 4. The van der Waals surface area contributed by atoms with E-state index in [1.54, 1.807) is 0 Å². The Balaban J connectivity index is 1.47. The zero-order valence-electron chi connectivity index (χ0n) is 18.1. The Hall–Kier alpha value is -2.34. The summed E-state index contributed by atoms with van der Waals surface area (Å²) in [5.74, 6) is 1.50. The number of thioether (sulfide) groups is 1. The molecule has 0 spiro atoms. The van der Waals surface area contributed by atoms with Gasteiger partial charge in [-0.2, -0.15) is 0 Å². The van der Waals surface area contributed by atoms with Crippen molar-refractivity contribution in [3.63, 3.8) is 0 Å². The first-order valence-electron chi connectivity index (χ1n) is 10.8. The molecule has 0 saturated heterocycles. The second-order valence-electron chi connectivity index (χ2n) is 8.26. The summed E-state index contributed by atoms with van der Waals surface area (Å²) < 4.78 is 4.48. The predicted octanol–water partition coefficient (Wildman–Crippen LogP) is 5.53. The van der Waals surface area contributed by atoms with Gasteiger partial charge in [0.05, 0.1) is 5.75 Å². The molecule has 0 atom stereocenters. The Labute approximate surface area is 182 Å². The van der Waals surface area contributed by atoms with Crippen LogP contribution >= 0.6 is 11.8 Å². The van der Waals surface area contributed by atoms with Gasteiger partial charge in [0.15, 0.2) is 10.9 Å². The van der Waals surface area contributed by atoms with Crippen LogP contribution in [0.4, 0.5) is 0 Å². The van der Waals surface area contributed by atoms with Gasteiger partial charge in [0.25, 0.3) is 0 Å². The smallest absolute Gasteiger partial charge is 0.191 e. The van der Waals surface area contributed by atoms with Crippen molar-refractivity contribution in [2.24, 2.45) is 0 Å². The van der Waals surface area contributed by atoms with Crippen molar-refractivity contribution in [3.05, 3.63) is 64.7 Å². The molecule has 0 N–H and O–H groups in total. The summed E-state index contributed by atoms with van der Waals surface area (Å²) in [6.45, 7) is 6.92. The third-order valence-corrected chi connectivity index (χ3v) is 7.11. The number of hydrogen-bond acceptors (Lipinski definition) is 4. The summed E-state index contributed by atoms with van der Waals surface area (Å²) in [6.07, 6.45) is 6.21. The van der Waals surface area contributed by atoms with E-state index in [0.717, 1.165) is 34.5 Å². The number of ketones is 1. The normalized spacial score (nSPS) is 14.9. The van der Waals surface area contributed by atoms with Gasteiger partial charge in [-0.05, 0) is 45.2 Å². The summed E-state index contributed by atoms with van der Waals surface area (Å²) >= 11 is 1.52. The monoisotopic (exact) mass is 422 g/mol. The van der Waals surface area contributed by atoms with Crippen LogP contribution in [0.3, 0.4) is 0 Å². The molecule has 6 heteroatoms. The lowest BCUT2D eigenvalue weighted by Gasteiger charge is -2.24. The lowest BCUT2D eigenvalue weighted by molar-refractivity contribution is 0.102. The molecule has 2 aromatic heterocycles. The van der Waals surface area contributed by atoms with E-state index in [-0.39, 0.29) is 5.78 Å². The van der Waals surface area contributed by atoms with Gasteiger partial charge in [0.2, 0.25) is 0 Å². The highest BCUT2D eigenvalue weighted by Crippen LogP contribution is 2.32. The molecule has 158 valence electrons. The number of carbonyl (C=O) groups excluding carboxylic acids is 1. The van der Waals surface area contributed by atoms with Crippen LogP contribution in [0.15, 0.2) is 41.6 Å². The molecule has 1 aromatic carbocycles. The van der Waals surface area contributed by atoms with Crippen LogP contribution in [0.1, 0.15) is 71.3 Å². The molecule has 0 radical (unpaired) electrons. The van der Waals surface area contributed by atoms with Crippen molar-refractivity contribution in [2.75, 3.05) is 5.75 Å². The Bertz CT molecular complexity index is 1020. The molecule has 5 nitrogen and oxygen atoms in total. The molecule has 0 bridgehead atoms. The van der Waals surface area contributed by atoms with Crippen molar-refractivity contribution in [1.82, 2.24) is 19.3 Å². The highest BCUT2D eigenvalue weighted by Gasteiger charge is 2.23. The summed E-state index contributed by atoms with van der Waals surface area (Å²) in [5.41, 5.74) is 4.21. The van der Waals surface area contributed by atoms with E-state index in [4.69, 9.17) is 0 Å². The Morgan fingerprint density at radius 2 is 1.80 bits per heavy atom. The average Bonchev–Trinajstić information content (AvgIpc) is 3.27. The number of benzene rings is 1. The maximum Gasteiger partial charge on any atom is 0.191 e. The van der Waals surface area contributed by atoms with Gasteiger partial charge in [0.1, 0.15) is 5.82 Å². The quantitative estimate of drug-likeness (QED) is 0.371. The molecule has 0 aliphatic heterocycles. The Morgan fingerprint density at radius 1 is 1.07 bits per heavy atom. The minimum atomic E-state index is 0.156. The minimum absolute atomic E-state index is 0.156. The van der Waals surface area contributed by atoms with Crippen LogP contribution in [-0.2, 0) is 6.54 Å².